The van der Waals surface area contributed by atoms with Crippen LogP contribution in [0.25, 0.3) is 5.69 Å². The van der Waals surface area contributed by atoms with Crippen molar-refractivity contribution in [1.29, 1.82) is 0 Å². The van der Waals surface area contributed by atoms with Crippen molar-refractivity contribution in [2.75, 3.05) is 17.7 Å². The van der Waals surface area contributed by atoms with Crippen LogP contribution in [0, 0.1) is 13.8 Å². The van der Waals surface area contributed by atoms with Crippen LogP contribution in [-0.4, -0.2) is 33.5 Å². The first kappa shape index (κ1) is 18.5. The molecule has 0 N–H and O–H groups in total. The van der Waals surface area contributed by atoms with Crippen molar-refractivity contribution in [1.82, 2.24) is 14.8 Å². The van der Waals surface area contributed by atoms with E-state index in [9.17, 15) is 4.79 Å². The topological polar surface area (TPSA) is 51.0 Å². The molecule has 7 heteroatoms. The normalized spacial score (nSPS) is 10.8. The molecule has 0 aliphatic rings. The molecule has 134 valence electrons. The zero-order valence-electron chi connectivity index (χ0n) is 14.8. The highest BCUT2D eigenvalue weighted by molar-refractivity contribution is 7.99. The lowest BCUT2D eigenvalue weighted by atomic mass is 10.2. The summed E-state index contributed by atoms with van der Waals surface area (Å²) >= 11 is 7.56. The van der Waals surface area contributed by atoms with Crippen LogP contribution in [0.1, 0.15) is 11.1 Å². The molecule has 0 radical (unpaired) electrons. The second-order valence-corrected chi connectivity index (χ2v) is 7.34. The van der Waals surface area contributed by atoms with E-state index in [-0.39, 0.29) is 11.7 Å². The molecule has 26 heavy (non-hydrogen) atoms. The molecular formula is C19H19ClN4OS. The Bertz CT molecular complexity index is 924. The maximum atomic E-state index is 12.5. The first-order chi connectivity index (χ1) is 12.5. The maximum Gasteiger partial charge on any atom is 0.237 e. The number of carbonyl (C=O) groups excluding carboxylic acids is 1. The molecule has 0 saturated heterocycles. The van der Waals surface area contributed by atoms with Gasteiger partial charge in [0, 0.05) is 17.8 Å². The zero-order valence-corrected chi connectivity index (χ0v) is 16.4. The predicted octanol–water partition coefficient (Wildman–Crippen LogP) is 4.29. The molecule has 2 aromatic carbocycles. The molecule has 0 spiro atoms. The van der Waals surface area contributed by atoms with E-state index in [0.717, 1.165) is 22.5 Å². The number of aryl methyl sites for hydroxylation is 2. The molecule has 3 aromatic rings. The third kappa shape index (κ3) is 4.08. The number of hydrogen-bond donors (Lipinski definition) is 0. The van der Waals surface area contributed by atoms with Crippen molar-refractivity contribution < 1.29 is 4.79 Å². The largest absolute Gasteiger partial charge is 0.315 e. The Morgan fingerprint density at radius 1 is 1.19 bits per heavy atom. The van der Waals surface area contributed by atoms with Gasteiger partial charge < -0.3 is 4.90 Å². The number of amides is 1. The number of halogens is 1. The lowest BCUT2D eigenvalue weighted by Gasteiger charge is -2.17. The van der Waals surface area contributed by atoms with Gasteiger partial charge in [0.1, 0.15) is 6.33 Å². The minimum atomic E-state index is -0.00431. The van der Waals surface area contributed by atoms with Crippen LogP contribution in [0.15, 0.2) is 53.9 Å². The quantitative estimate of drug-likeness (QED) is 0.614. The average molecular weight is 387 g/mol. The Hall–Kier alpha value is -2.31. The van der Waals surface area contributed by atoms with Crippen LogP contribution in [0.5, 0.6) is 0 Å². The van der Waals surface area contributed by atoms with Crippen LogP contribution in [0.4, 0.5) is 5.69 Å². The minimum Gasteiger partial charge on any atom is -0.315 e. The van der Waals surface area contributed by atoms with Gasteiger partial charge in [0.15, 0.2) is 5.16 Å². The van der Waals surface area contributed by atoms with Crippen LogP contribution in [0.2, 0.25) is 5.02 Å². The smallest absolute Gasteiger partial charge is 0.237 e. The predicted molar refractivity (Wildman–Crippen MR) is 106 cm³/mol. The summed E-state index contributed by atoms with van der Waals surface area (Å²) in [6, 6.07) is 13.6. The van der Waals surface area contributed by atoms with E-state index < -0.39 is 0 Å². The van der Waals surface area contributed by atoms with Gasteiger partial charge in [0.25, 0.3) is 0 Å². The summed E-state index contributed by atoms with van der Waals surface area (Å²) < 4.78 is 1.83. The van der Waals surface area contributed by atoms with Gasteiger partial charge in [-0.3, -0.25) is 9.36 Å². The van der Waals surface area contributed by atoms with E-state index in [1.807, 2.05) is 60.9 Å². The highest BCUT2D eigenvalue weighted by Gasteiger charge is 2.15. The van der Waals surface area contributed by atoms with E-state index in [0.29, 0.717) is 10.2 Å². The second kappa shape index (κ2) is 7.93. The van der Waals surface area contributed by atoms with Crippen molar-refractivity contribution in [2.24, 2.45) is 0 Å². The average Bonchev–Trinajstić information content (AvgIpc) is 3.10. The molecule has 0 fully saturated rings. The molecule has 0 saturated carbocycles. The highest BCUT2D eigenvalue weighted by atomic mass is 35.5. The Morgan fingerprint density at radius 3 is 2.62 bits per heavy atom. The van der Waals surface area contributed by atoms with Gasteiger partial charge in [0.05, 0.1) is 11.4 Å². The van der Waals surface area contributed by atoms with E-state index in [2.05, 4.69) is 10.2 Å². The molecule has 1 aromatic heterocycles. The van der Waals surface area contributed by atoms with Gasteiger partial charge in [-0.15, -0.1) is 10.2 Å². The second-order valence-electron chi connectivity index (χ2n) is 5.99. The van der Waals surface area contributed by atoms with E-state index in [1.54, 1.807) is 18.3 Å². The van der Waals surface area contributed by atoms with E-state index in [1.165, 1.54) is 11.8 Å². The summed E-state index contributed by atoms with van der Waals surface area (Å²) in [6.45, 7) is 3.97. The molecule has 0 bridgehead atoms. The van der Waals surface area contributed by atoms with Crippen LogP contribution >= 0.6 is 23.4 Å². The number of benzene rings is 2. The van der Waals surface area contributed by atoms with Gasteiger partial charge in [0.2, 0.25) is 5.91 Å². The van der Waals surface area contributed by atoms with Gasteiger partial charge >= 0.3 is 0 Å². The Morgan fingerprint density at radius 2 is 1.92 bits per heavy atom. The van der Waals surface area contributed by atoms with Gasteiger partial charge in [-0.1, -0.05) is 47.1 Å². The Labute approximate surface area is 162 Å². The maximum absolute atomic E-state index is 12.5. The highest BCUT2D eigenvalue weighted by Crippen LogP contribution is 2.24. The van der Waals surface area contributed by atoms with Crippen molar-refractivity contribution in [2.45, 2.75) is 19.0 Å². The molecule has 0 atom stereocenters. The number of aromatic nitrogens is 3. The molecule has 0 aliphatic carbocycles. The van der Waals surface area contributed by atoms with Crippen molar-refractivity contribution in [3.8, 4) is 5.69 Å². The monoisotopic (exact) mass is 386 g/mol. The fourth-order valence-corrected chi connectivity index (χ4v) is 3.38. The molecule has 0 aliphatic heterocycles. The molecular weight excluding hydrogens is 368 g/mol. The van der Waals surface area contributed by atoms with E-state index >= 15 is 0 Å². The minimum absolute atomic E-state index is 0.00431. The van der Waals surface area contributed by atoms with Crippen molar-refractivity contribution in [3.05, 3.63) is 64.9 Å². The number of rotatable bonds is 5. The molecule has 0 unspecified atom stereocenters. The third-order valence-corrected chi connectivity index (χ3v) is 5.41. The molecule has 1 amide bonds. The van der Waals surface area contributed by atoms with Crippen molar-refractivity contribution >= 4 is 35.0 Å². The van der Waals surface area contributed by atoms with Gasteiger partial charge in [-0.2, -0.15) is 0 Å². The van der Waals surface area contributed by atoms with Gasteiger partial charge in [-0.25, -0.2) is 0 Å². The Balaban J connectivity index is 1.70. The van der Waals surface area contributed by atoms with Gasteiger partial charge in [-0.05, 0) is 43.7 Å². The van der Waals surface area contributed by atoms with Crippen molar-refractivity contribution in [3.63, 3.8) is 0 Å². The molecule has 5 nitrogen and oxygen atoms in total. The first-order valence-electron chi connectivity index (χ1n) is 8.08. The number of hydrogen-bond acceptors (Lipinski definition) is 4. The lowest BCUT2D eigenvalue weighted by molar-refractivity contribution is -0.115. The molecule has 3 rings (SSSR count). The zero-order chi connectivity index (χ0) is 18.7. The van der Waals surface area contributed by atoms with E-state index in [4.69, 9.17) is 11.6 Å². The summed E-state index contributed by atoms with van der Waals surface area (Å²) in [5.74, 6) is 0.262. The first-order valence-corrected chi connectivity index (χ1v) is 9.44. The summed E-state index contributed by atoms with van der Waals surface area (Å²) in [4.78, 5) is 14.1. The Kier molecular flexibility index (Phi) is 5.64. The summed E-state index contributed by atoms with van der Waals surface area (Å²) in [5.41, 5.74) is 3.90. The van der Waals surface area contributed by atoms with Crippen LogP contribution in [-0.2, 0) is 4.79 Å². The fourth-order valence-electron chi connectivity index (χ4n) is 2.37. The summed E-state index contributed by atoms with van der Waals surface area (Å²) in [7, 11) is 1.78. The fraction of sp³-hybridized carbons (Fsp3) is 0.211. The molecule has 1 heterocycles. The van der Waals surface area contributed by atoms with Crippen LogP contribution in [0.3, 0.4) is 0 Å². The van der Waals surface area contributed by atoms with Crippen LogP contribution < -0.4 is 4.90 Å². The summed E-state index contributed by atoms with van der Waals surface area (Å²) in [6.07, 6.45) is 1.62. The number of carbonyl (C=O) groups is 1. The third-order valence-electron chi connectivity index (χ3n) is 4.07. The number of thioether (sulfide) groups is 1. The SMILES string of the molecule is Cc1ccc(N(C)C(=O)CSc2nncn2-c2ccc(C)c(Cl)c2)cc1. The lowest BCUT2D eigenvalue weighted by Crippen LogP contribution is -2.28. The number of nitrogens with zero attached hydrogens (tertiary/aromatic N) is 4. The standard InChI is InChI=1S/C19H19ClN4OS/c1-13-4-7-15(8-5-13)23(3)18(25)11-26-19-22-21-12-24(19)16-9-6-14(2)17(20)10-16/h4-10,12H,11H2,1-3H3. The summed E-state index contributed by atoms with van der Waals surface area (Å²) in [5, 5.41) is 9.42. The number of anilines is 1.